The number of amides is 1. The summed E-state index contributed by atoms with van der Waals surface area (Å²) in [5, 5.41) is 10.8. The zero-order chi connectivity index (χ0) is 22.9. The van der Waals surface area contributed by atoms with Gasteiger partial charge in [-0.3, -0.25) is 10.1 Å². The Bertz CT molecular complexity index is 1280. The lowest BCUT2D eigenvalue weighted by Crippen LogP contribution is -2.11. The van der Waals surface area contributed by atoms with Gasteiger partial charge >= 0.3 is 6.18 Å². The van der Waals surface area contributed by atoms with E-state index in [0.29, 0.717) is 22.7 Å². The maximum atomic E-state index is 13.0. The summed E-state index contributed by atoms with van der Waals surface area (Å²) in [6.07, 6.45) is -4.47. The highest BCUT2D eigenvalue weighted by molar-refractivity contribution is 7.10. The van der Waals surface area contributed by atoms with Crippen molar-refractivity contribution in [3.05, 3.63) is 65.4 Å². The van der Waals surface area contributed by atoms with Crippen LogP contribution in [-0.2, 0) is 6.18 Å². The van der Waals surface area contributed by atoms with Crippen LogP contribution >= 0.6 is 11.5 Å². The molecule has 2 aromatic heterocycles. The van der Waals surface area contributed by atoms with Crippen molar-refractivity contribution in [1.82, 2.24) is 24.4 Å². The number of halogens is 3. The summed E-state index contributed by atoms with van der Waals surface area (Å²) in [6, 6.07) is 11.4. The fourth-order valence-electron chi connectivity index (χ4n) is 2.90. The van der Waals surface area contributed by atoms with Crippen LogP contribution in [0.1, 0.15) is 21.6 Å². The molecule has 0 saturated heterocycles. The molecule has 0 saturated carbocycles. The lowest BCUT2D eigenvalue weighted by molar-refractivity contribution is -0.137. The Morgan fingerprint density at radius 1 is 1.16 bits per heavy atom. The lowest BCUT2D eigenvalue weighted by Gasteiger charge is -2.09. The average molecular weight is 460 g/mol. The van der Waals surface area contributed by atoms with Crippen LogP contribution in [0, 0.1) is 6.92 Å². The molecule has 4 aromatic rings. The molecule has 1 amide bonds. The first-order valence-corrected chi connectivity index (χ1v) is 9.93. The van der Waals surface area contributed by atoms with E-state index in [2.05, 4.69) is 25.0 Å². The van der Waals surface area contributed by atoms with Gasteiger partial charge in [-0.2, -0.15) is 22.5 Å². The zero-order valence-corrected chi connectivity index (χ0v) is 17.5. The number of carbonyl (C=O) groups excluding carboxylic acids is 1. The standard InChI is InChI=1S/C20H15F3N6O2S/c1-11-16(26-28-29(11)14-7-4-6-13(10-14)20(21,22)23)17-24-19(32-27-17)25-18(30)12-5-3-8-15(9-12)31-2/h3-10H,1-2H3,(H,24,25,27,30). The molecule has 0 unspecified atom stereocenters. The van der Waals surface area contributed by atoms with Crippen LogP contribution in [-0.4, -0.2) is 37.4 Å². The molecule has 32 heavy (non-hydrogen) atoms. The van der Waals surface area contributed by atoms with Gasteiger partial charge in [0, 0.05) is 17.1 Å². The van der Waals surface area contributed by atoms with Crippen molar-refractivity contribution < 1.29 is 22.7 Å². The number of alkyl halides is 3. The fraction of sp³-hybridized carbons (Fsp3) is 0.150. The summed E-state index contributed by atoms with van der Waals surface area (Å²) < 4.78 is 49.6. The second-order valence-electron chi connectivity index (χ2n) is 6.59. The van der Waals surface area contributed by atoms with Gasteiger partial charge in [-0.15, -0.1) is 5.10 Å². The molecule has 1 N–H and O–H groups in total. The van der Waals surface area contributed by atoms with Gasteiger partial charge in [0.1, 0.15) is 5.75 Å². The summed E-state index contributed by atoms with van der Waals surface area (Å²) in [5.74, 6) is 0.347. The molecule has 8 nitrogen and oxygen atoms in total. The molecule has 2 aromatic carbocycles. The second-order valence-corrected chi connectivity index (χ2v) is 7.34. The van der Waals surface area contributed by atoms with Gasteiger partial charge in [-0.05, 0) is 43.3 Å². The molecule has 0 atom stereocenters. The first kappa shape index (κ1) is 21.4. The van der Waals surface area contributed by atoms with Crippen LogP contribution in [0.5, 0.6) is 5.75 Å². The maximum Gasteiger partial charge on any atom is 0.416 e. The Morgan fingerprint density at radius 2 is 1.94 bits per heavy atom. The highest BCUT2D eigenvalue weighted by Gasteiger charge is 2.31. The molecule has 0 radical (unpaired) electrons. The normalized spacial score (nSPS) is 11.4. The number of rotatable bonds is 5. The number of anilines is 1. The number of ether oxygens (including phenoxy) is 1. The van der Waals surface area contributed by atoms with Gasteiger partial charge in [-0.25, -0.2) is 4.68 Å². The van der Waals surface area contributed by atoms with E-state index in [1.54, 1.807) is 31.2 Å². The number of hydrogen-bond acceptors (Lipinski definition) is 7. The van der Waals surface area contributed by atoms with Crippen LogP contribution in [0.4, 0.5) is 18.3 Å². The Morgan fingerprint density at radius 3 is 2.69 bits per heavy atom. The number of nitrogens with zero attached hydrogens (tertiary/aromatic N) is 5. The third-order valence-corrected chi connectivity index (χ3v) is 5.13. The Balaban J connectivity index is 1.57. The topological polar surface area (TPSA) is 94.8 Å². The average Bonchev–Trinajstić information content (AvgIpc) is 3.39. The van der Waals surface area contributed by atoms with Crippen LogP contribution in [0.15, 0.2) is 48.5 Å². The molecule has 0 bridgehead atoms. The molecule has 164 valence electrons. The van der Waals surface area contributed by atoms with E-state index >= 15 is 0 Å². The van der Waals surface area contributed by atoms with Crippen LogP contribution in [0.3, 0.4) is 0 Å². The van der Waals surface area contributed by atoms with E-state index in [9.17, 15) is 18.0 Å². The fourth-order valence-corrected chi connectivity index (χ4v) is 3.46. The molecule has 2 heterocycles. The molecule has 4 rings (SSSR count). The van der Waals surface area contributed by atoms with Crippen molar-refractivity contribution in [2.75, 3.05) is 12.4 Å². The van der Waals surface area contributed by atoms with Crippen molar-refractivity contribution in [2.24, 2.45) is 0 Å². The maximum absolute atomic E-state index is 13.0. The third kappa shape index (κ3) is 4.30. The zero-order valence-electron chi connectivity index (χ0n) is 16.7. The third-order valence-electron chi connectivity index (χ3n) is 4.50. The summed E-state index contributed by atoms with van der Waals surface area (Å²) in [5.41, 5.74) is 0.541. The summed E-state index contributed by atoms with van der Waals surface area (Å²) in [7, 11) is 1.50. The molecule has 0 aliphatic carbocycles. The van der Waals surface area contributed by atoms with E-state index in [4.69, 9.17) is 4.74 Å². The van der Waals surface area contributed by atoms with Gasteiger partial charge in [0.15, 0.2) is 11.5 Å². The molecular weight excluding hydrogens is 445 g/mol. The van der Waals surface area contributed by atoms with E-state index < -0.39 is 17.6 Å². The molecule has 0 aliphatic rings. The SMILES string of the molecule is COc1cccc(C(=O)Nc2nc(-c3nnn(-c4cccc(C(F)(F)F)c4)c3C)ns2)c1. The summed E-state index contributed by atoms with van der Waals surface area (Å²) >= 11 is 0.947. The van der Waals surface area contributed by atoms with E-state index in [-0.39, 0.29) is 16.6 Å². The number of nitrogens with one attached hydrogen (secondary N) is 1. The minimum atomic E-state index is -4.47. The van der Waals surface area contributed by atoms with Gasteiger partial charge in [0.25, 0.3) is 5.91 Å². The first-order valence-electron chi connectivity index (χ1n) is 9.15. The molecule has 0 spiro atoms. The summed E-state index contributed by atoms with van der Waals surface area (Å²) in [6.45, 7) is 1.64. The highest BCUT2D eigenvalue weighted by Crippen LogP contribution is 2.31. The van der Waals surface area contributed by atoms with E-state index in [0.717, 1.165) is 23.7 Å². The number of aromatic nitrogens is 5. The van der Waals surface area contributed by atoms with Crippen molar-refractivity contribution >= 4 is 22.6 Å². The number of hydrogen-bond donors (Lipinski definition) is 1. The van der Waals surface area contributed by atoms with Crippen molar-refractivity contribution in [3.8, 4) is 23.0 Å². The quantitative estimate of drug-likeness (QED) is 0.475. The molecule has 0 aliphatic heterocycles. The van der Waals surface area contributed by atoms with E-state index in [1.807, 2.05) is 0 Å². The monoisotopic (exact) mass is 460 g/mol. The first-order chi connectivity index (χ1) is 15.3. The van der Waals surface area contributed by atoms with Crippen molar-refractivity contribution in [2.45, 2.75) is 13.1 Å². The van der Waals surface area contributed by atoms with Crippen LogP contribution in [0.2, 0.25) is 0 Å². The molecular formula is C20H15F3N6O2S. The largest absolute Gasteiger partial charge is 0.497 e. The summed E-state index contributed by atoms with van der Waals surface area (Å²) in [4.78, 5) is 16.7. The number of carbonyl (C=O) groups is 1. The van der Waals surface area contributed by atoms with Crippen molar-refractivity contribution in [1.29, 1.82) is 0 Å². The molecule has 0 fully saturated rings. The van der Waals surface area contributed by atoms with Gasteiger partial charge < -0.3 is 4.74 Å². The van der Waals surface area contributed by atoms with Crippen LogP contribution < -0.4 is 10.1 Å². The Kier molecular flexibility index (Phi) is 5.61. The minimum absolute atomic E-state index is 0.201. The number of methoxy groups -OCH3 is 1. The second kappa shape index (κ2) is 8.38. The minimum Gasteiger partial charge on any atom is -0.497 e. The van der Waals surface area contributed by atoms with Gasteiger partial charge in [0.05, 0.1) is 24.1 Å². The Hall–Kier alpha value is -3.80. The Labute approximate surface area is 183 Å². The molecule has 12 heteroatoms. The van der Waals surface area contributed by atoms with Crippen molar-refractivity contribution in [3.63, 3.8) is 0 Å². The highest BCUT2D eigenvalue weighted by atomic mass is 32.1. The number of benzene rings is 2. The lowest BCUT2D eigenvalue weighted by atomic mass is 10.2. The van der Waals surface area contributed by atoms with Gasteiger partial charge in [-0.1, -0.05) is 17.3 Å². The smallest absolute Gasteiger partial charge is 0.416 e. The van der Waals surface area contributed by atoms with E-state index in [1.165, 1.54) is 23.9 Å². The predicted octanol–water partition coefficient (Wildman–Crippen LogP) is 4.37. The van der Waals surface area contributed by atoms with Crippen LogP contribution in [0.25, 0.3) is 17.2 Å². The predicted molar refractivity (Wildman–Crippen MR) is 111 cm³/mol. The van der Waals surface area contributed by atoms with Gasteiger partial charge in [0.2, 0.25) is 5.13 Å².